The molecule has 1 aliphatic heterocycles. The molecule has 0 unspecified atom stereocenters. The first-order valence-corrected chi connectivity index (χ1v) is 11.1. The Labute approximate surface area is 194 Å². The Balaban J connectivity index is 1.69. The van der Waals surface area contributed by atoms with Gasteiger partial charge in [-0.05, 0) is 58.2 Å². The van der Waals surface area contributed by atoms with Crippen molar-refractivity contribution in [2.45, 2.75) is 26.6 Å². The molecule has 0 radical (unpaired) electrons. The maximum Gasteiger partial charge on any atom is 0.273 e. The van der Waals surface area contributed by atoms with Crippen LogP contribution in [0.15, 0.2) is 46.9 Å². The van der Waals surface area contributed by atoms with Gasteiger partial charge in [0.15, 0.2) is 0 Å². The molecule has 0 aliphatic carbocycles. The maximum absolute atomic E-state index is 13.5. The van der Waals surface area contributed by atoms with Gasteiger partial charge in [0.1, 0.15) is 11.4 Å². The Bertz CT molecular complexity index is 1130. The average Bonchev–Trinajstić information content (AvgIpc) is 3.05. The van der Waals surface area contributed by atoms with Crippen LogP contribution in [0.2, 0.25) is 5.02 Å². The van der Waals surface area contributed by atoms with Crippen LogP contribution in [0, 0.1) is 6.92 Å². The molecule has 1 aliphatic rings. The highest BCUT2D eigenvalue weighted by Crippen LogP contribution is 2.39. The van der Waals surface area contributed by atoms with Crippen LogP contribution >= 0.6 is 27.5 Å². The van der Waals surface area contributed by atoms with Crippen molar-refractivity contribution < 1.29 is 14.6 Å². The predicted octanol–water partition coefficient (Wildman–Crippen LogP) is 5.11. The molecule has 2 N–H and O–H groups in total. The van der Waals surface area contributed by atoms with Crippen molar-refractivity contribution in [3.05, 3.63) is 74.5 Å². The van der Waals surface area contributed by atoms with Crippen LogP contribution < -0.4 is 10.1 Å². The molecule has 8 heteroatoms. The fourth-order valence-electron chi connectivity index (χ4n) is 3.83. The number of nitrogens with zero attached hydrogens (tertiary/aromatic N) is 2. The molecule has 0 atom stereocenters. The largest absolute Gasteiger partial charge is 0.497 e. The monoisotopic (exact) mass is 503 g/mol. The Kier molecular flexibility index (Phi) is 6.27. The van der Waals surface area contributed by atoms with Crippen LogP contribution in [0.5, 0.6) is 5.75 Å². The number of benzene rings is 2. The summed E-state index contributed by atoms with van der Waals surface area (Å²) >= 11 is 9.87. The second-order valence-corrected chi connectivity index (χ2v) is 8.61. The van der Waals surface area contributed by atoms with Gasteiger partial charge in [0.25, 0.3) is 5.91 Å². The average molecular weight is 505 g/mol. The molecule has 162 valence electrons. The summed E-state index contributed by atoms with van der Waals surface area (Å²) in [6, 6.07) is 13.3. The lowest BCUT2D eigenvalue weighted by molar-refractivity contribution is 0.0688. The van der Waals surface area contributed by atoms with E-state index in [0.29, 0.717) is 46.2 Å². The summed E-state index contributed by atoms with van der Waals surface area (Å²) in [5.41, 5.74) is 4.56. The summed E-state index contributed by atoms with van der Waals surface area (Å²) in [5.74, 6) is 0.687. The van der Waals surface area contributed by atoms with Gasteiger partial charge < -0.3 is 24.6 Å². The van der Waals surface area contributed by atoms with Crippen molar-refractivity contribution in [1.82, 2.24) is 9.47 Å². The van der Waals surface area contributed by atoms with Gasteiger partial charge in [-0.1, -0.05) is 29.8 Å². The lowest BCUT2D eigenvalue weighted by atomic mass is 10.1. The first-order valence-electron chi connectivity index (χ1n) is 9.90. The van der Waals surface area contributed by atoms with Crippen molar-refractivity contribution in [2.75, 3.05) is 19.0 Å². The number of ether oxygens (including phenoxy) is 1. The van der Waals surface area contributed by atoms with Gasteiger partial charge in [0.2, 0.25) is 0 Å². The number of carbonyl (C=O) groups excluding carboxylic acids is 1. The van der Waals surface area contributed by atoms with Crippen LogP contribution in [0.4, 0.5) is 11.4 Å². The third-order valence-corrected chi connectivity index (χ3v) is 6.86. The normalized spacial score (nSPS) is 13.3. The maximum atomic E-state index is 13.5. The number of hydrogen-bond acceptors (Lipinski definition) is 4. The minimum absolute atomic E-state index is 0.0929. The number of methoxy groups -OCH3 is 1. The van der Waals surface area contributed by atoms with Crippen LogP contribution in [-0.4, -0.2) is 34.1 Å². The molecule has 31 heavy (non-hydrogen) atoms. The molecule has 4 rings (SSSR count). The highest BCUT2D eigenvalue weighted by Gasteiger charge is 2.33. The van der Waals surface area contributed by atoms with E-state index in [4.69, 9.17) is 16.3 Å². The number of rotatable bonds is 6. The molecule has 0 saturated carbocycles. The summed E-state index contributed by atoms with van der Waals surface area (Å²) in [5, 5.41) is 14.0. The number of fused-ring (bicyclic) bond motifs is 1. The summed E-state index contributed by atoms with van der Waals surface area (Å²) < 4.78 is 7.79. The molecule has 2 heterocycles. The van der Waals surface area contributed by atoms with Crippen LogP contribution in [-0.2, 0) is 19.7 Å². The van der Waals surface area contributed by atoms with Gasteiger partial charge in [0, 0.05) is 30.3 Å². The summed E-state index contributed by atoms with van der Waals surface area (Å²) in [4.78, 5) is 15.3. The number of amides is 1. The zero-order chi connectivity index (χ0) is 22.1. The van der Waals surface area contributed by atoms with E-state index in [1.165, 1.54) is 0 Å². The number of aromatic nitrogens is 1. The summed E-state index contributed by atoms with van der Waals surface area (Å²) in [7, 11) is 1.63. The van der Waals surface area contributed by atoms with E-state index in [1.807, 2.05) is 58.9 Å². The highest BCUT2D eigenvalue weighted by molar-refractivity contribution is 9.10. The molecule has 0 bridgehead atoms. The van der Waals surface area contributed by atoms with E-state index in [0.717, 1.165) is 22.6 Å². The van der Waals surface area contributed by atoms with E-state index in [2.05, 4.69) is 21.2 Å². The Hall–Kier alpha value is -2.48. The van der Waals surface area contributed by atoms with E-state index in [1.54, 1.807) is 7.11 Å². The molecule has 6 nitrogen and oxygen atoms in total. The van der Waals surface area contributed by atoms with Crippen molar-refractivity contribution in [3.63, 3.8) is 0 Å². The van der Waals surface area contributed by atoms with Gasteiger partial charge >= 0.3 is 0 Å². The topological polar surface area (TPSA) is 66.7 Å². The molecular formula is C23H23BrClN3O3. The number of anilines is 2. The third-order valence-electron chi connectivity index (χ3n) is 5.60. The number of halogens is 2. The van der Waals surface area contributed by atoms with E-state index in [9.17, 15) is 9.90 Å². The first kappa shape index (κ1) is 21.7. The molecule has 1 amide bonds. The van der Waals surface area contributed by atoms with E-state index < -0.39 is 0 Å². The van der Waals surface area contributed by atoms with Gasteiger partial charge in [-0.25, -0.2) is 0 Å². The van der Waals surface area contributed by atoms with Gasteiger partial charge in [-0.15, -0.1) is 0 Å². The van der Waals surface area contributed by atoms with Crippen molar-refractivity contribution >= 4 is 44.8 Å². The predicted molar refractivity (Wildman–Crippen MR) is 125 cm³/mol. The fraction of sp³-hybridized carbons (Fsp3) is 0.261. The Morgan fingerprint density at radius 2 is 1.94 bits per heavy atom. The quantitative estimate of drug-likeness (QED) is 0.489. The van der Waals surface area contributed by atoms with Gasteiger partial charge in [-0.2, -0.15) is 0 Å². The molecular weight excluding hydrogens is 482 g/mol. The minimum atomic E-state index is -0.171. The molecule has 2 aromatic carbocycles. The highest BCUT2D eigenvalue weighted by atomic mass is 79.9. The second-order valence-electron chi connectivity index (χ2n) is 7.41. The Morgan fingerprint density at radius 1 is 1.19 bits per heavy atom. The molecule has 0 saturated heterocycles. The van der Waals surface area contributed by atoms with Crippen molar-refractivity contribution in [2.24, 2.45) is 0 Å². The molecule has 0 spiro atoms. The van der Waals surface area contributed by atoms with Gasteiger partial charge in [0.05, 0.1) is 29.6 Å². The number of aliphatic hydroxyl groups excluding tert-OH is 1. The SMILES string of the molecule is COc1ccc(CN2CCn3c(CO)c(Br)c(Nc4cccc(Cl)c4C)c3C2=O)cc1. The zero-order valence-electron chi connectivity index (χ0n) is 17.3. The summed E-state index contributed by atoms with van der Waals surface area (Å²) in [6.07, 6.45) is 0. The zero-order valence-corrected chi connectivity index (χ0v) is 19.6. The third kappa shape index (κ3) is 4.05. The number of nitrogens with one attached hydrogen (secondary N) is 1. The van der Waals surface area contributed by atoms with E-state index >= 15 is 0 Å². The second kappa shape index (κ2) is 8.94. The number of aliphatic hydroxyl groups is 1. The Morgan fingerprint density at radius 3 is 2.61 bits per heavy atom. The van der Waals surface area contributed by atoms with Crippen LogP contribution in [0.1, 0.15) is 27.3 Å². The number of hydrogen-bond donors (Lipinski definition) is 2. The smallest absolute Gasteiger partial charge is 0.273 e. The standard InChI is InChI=1S/C23H23BrClN3O3/c1-14-17(25)4-3-5-18(14)26-21-20(24)19(13-29)28-11-10-27(23(30)22(21)28)12-15-6-8-16(31-2)9-7-15/h3-9,26,29H,10-13H2,1-2H3. The summed E-state index contributed by atoms with van der Waals surface area (Å²) in [6.45, 7) is 3.40. The lowest BCUT2D eigenvalue weighted by Crippen LogP contribution is -2.40. The number of carbonyl (C=O) groups is 1. The van der Waals surface area contributed by atoms with Crippen LogP contribution in [0.25, 0.3) is 0 Å². The minimum Gasteiger partial charge on any atom is -0.497 e. The first-order chi connectivity index (χ1) is 14.9. The van der Waals surface area contributed by atoms with E-state index in [-0.39, 0.29) is 12.5 Å². The molecule has 0 fully saturated rings. The van der Waals surface area contributed by atoms with Crippen molar-refractivity contribution in [3.8, 4) is 5.75 Å². The molecule has 1 aromatic heterocycles. The lowest BCUT2D eigenvalue weighted by Gasteiger charge is -2.30. The van der Waals surface area contributed by atoms with Gasteiger partial charge in [-0.3, -0.25) is 4.79 Å². The molecule has 3 aromatic rings. The fourth-order valence-corrected chi connectivity index (χ4v) is 4.63. The van der Waals surface area contributed by atoms with Crippen molar-refractivity contribution in [1.29, 1.82) is 0 Å². The van der Waals surface area contributed by atoms with Crippen LogP contribution in [0.3, 0.4) is 0 Å².